The molecule has 0 unspecified atom stereocenters. The number of carbonyl (C=O) groups excluding carboxylic acids is 1. The van der Waals surface area contributed by atoms with Crippen LogP contribution in [0.3, 0.4) is 0 Å². The second-order valence-electron chi connectivity index (χ2n) is 5.26. The lowest BCUT2D eigenvalue weighted by atomic mass is 9.87. The van der Waals surface area contributed by atoms with Crippen molar-refractivity contribution in [3.8, 4) is 0 Å². The van der Waals surface area contributed by atoms with E-state index in [1.165, 1.54) is 6.07 Å². The van der Waals surface area contributed by atoms with E-state index in [0.29, 0.717) is 18.4 Å². The van der Waals surface area contributed by atoms with Gasteiger partial charge in [0.25, 0.3) is 0 Å². The molecule has 16 heavy (non-hydrogen) atoms. The zero-order chi connectivity index (χ0) is 12.3. The van der Waals surface area contributed by atoms with E-state index in [4.69, 9.17) is 0 Å². The molecule has 0 aliphatic heterocycles. The van der Waals surface area contributed by atoms with Gasteiger partial charge in [0.15, 0.2) is 0 Å². The maximum Gasteiger partial charge on any atom is 0.138 e. The molecule has 0 fully saturated rings. The molecule has 88 valence electrons. The number of benzene rings is 1. The highest BCUT2D eigenvalue weighted by atomic mass is 19.1. The van der Waals surface area contributed by atoms with Crippen LogP contribution in [0.25, 0.3) is 0 Å². The first kappa shape index (κ1) is 12.9. The number of ketones is 1. The first-order valence-corrected chi connectivity index (χ1v) is 5.59. The van der Waals surface area contributed by atoms with Crippen molar-refractivity contribution in [1.82, 2.24) is 0 Å². The molecule has 0 bridgehead atoms. The molecule has 1 aromatic carbocycles. The maximum atomic E-state index is 13.3. The van der Waals surface area contributed by atoms with E-state index >= 15 is 0 Å². The van der Waals surface area contributed by atoms with Crippen LogP contribution in [0.4, 0.5) is 4.39 Å². The zero-order valence-corrected chi connectivity index (χ0v) is 10.4. The van der Waals surface area contributed by atoms with E-state index in [2.05, 4.69) is 0 Å². The molecule has 2 heteroatoms. The van der Waals surface area contributed by atoms with Crippen molar-refractivity contribution in [1.29, 1.82) is 0 Å². The number of rotatable bonds is 3. The molecule has 1 nitrogen and oxygen atoms in total. The topological polar surface area (TPSA) is 17.1 Å². The Labute approximate surface area is 96.7 Å². The summed E-state index contributed by atoms with van der Waals surface area (Å²) in [6, 6.07) is 5.16. The molecular weight excluding hydrogens is 203 g/mol. The zero-order valence-electron chi connectivity index (χ0n) is 10.4. The summed E-state index contributed by atoms with van der Waals surface area (Å²) in [5, 5.41) is 0. The van der Waals surface area contributed by atoms with Crippen LogP contribution in [0.5, 0.6) is 0 Å². The number of Topliss-reactive ketones (excluding diaryl/α,β-unsaturated/α-hetero) is 1. The van der Waals surface area contributed by atoms with Crippen molar-refractivity contribution in [2.75, 3.05) is 0 Å². The molecule has 1 aromatic rings. The van der Waals surface area contributed by atoms with E-state index in [1.807, 2.05) is 26.8 Å². The third kappa shape index (κ3) is 3.44. The van der Waals surface area contributed by atoms with E-state index in [-0.39, 0.29) is 17.0 Å². The molecule has 0 amide bonds. The van der Waals surface area contributed by atoms with Gasteiger partial charge >= 0.3 is 0 Å². The third-order valence-electron chi connectivity index (χ3n) is 2.71. The first-order chi connectivity index (χ1) is 7.30. The van der Waals surface area contributed by atoms with Crippen molar-refractivity contribution < 1.29 is 9.18 Å². The van der Waals surface area contributed by atoms with Gasteiger partial charge in [-0.15, -0.1) is 0 Å². The van der Waals surface area contributed by atoms with Gasteiger partial charge in [0.05, 0.1) is 0 Å². The van der Waals surface area contributed by atoms with Crippen LogP contribution in [-0.4, -0.2) is 5.78 Å². The fourth-order valence-electron chi connectivity index (χ4n) is 1.42. The van der Waals surface area contributed by atoms with Crippen LogP contribution < -0.4 is 0 Å². The lowest BCUT2D eigenvalue weighted by molar-refractivity contribution is -0.126. The Kier molecular flexibility index (Phi) is 3.84. The summed E-state index contributed by atoms with van der Waals surface area (Å²) < 4.78 is 13.3. The Morgan fingerprint density at radius 3 is 2.44 bits per heavy atom. The summed E-state index contributed by atoms with van der Waals surface area (Å²) in [4.78, 5) is 11.7. The van der Waals surface area contributed by atoms with Crippen LogP contribution in [-0.2, 0) is 11.2 Å². The van der Waals surface area contributed by atoms with Crippen LogP contribution in [0.15, 0.2) is 18.2 Å². The van der Waals surface area contributed by atoms with Gasteiger partial charge in [0.2, 0.25) is 0 Å². The average Bonchev–Trinajstić information content (AvgIpc) is 2.18. The summed E-state index contributed by atoms with van der Waals surface area (Å²) in [6.45, 7) is 7.46. The SMILES string of the molecule is Cc1ccc(CCC(=O)C(C)(C)C)cc1F. The van der Waals surface area contributed by atoms with Crippen LogP contribution in [0, 0.1) is 18.2 Å². The smallest absolute Gasteiger partial charge is 0.138 e. The van der Waals surface area contributed by atoms with E-state index in [0.717, 1.165) is 5.56 Å². The molecule has 0 aliphatic carbocycles. The van der Waals surface area contributed by atoms with Gasteiger partial charge < -0.3 is 0 Å². The van der Waals surface area contributed by atoms with E-state index in [9.17, 15) is 9.18 Å². The molecule has 0 aliphatic rings. The number of halogens is 1. The van der Waals surface area contributed by atoms with Crippen molar-refractivity contribution in [2.45, 2.75) is 40.5 Å². The lowest BCUT2D eigenvalue weighted by Gasteiger charge is -2.16. The molecule has 0 spiro atoms. The van der Waals surface area contributed by atoms with Crippen LogP contribution in [0.1, 0.15) is 38.3 Å². The molecule has 0 radical (unpaired) electrons. The summed E-state index contributed by atoms with van der Waals surface area (Å²) in [5.41, 5.74) is 1.23. The highest BCUT2D eigenvalue weighted by Gasteiger charge is 2.20. The lowest BCUT2D eigenvalue weighted by Crippen LogP contribution is -2.20. The Balaban J connectivity index is 2.62. The average molecular weight is 222 g/mol. The predicted octanol–water partition coefficient (Wildman–Crippen LogP) is 3.68. The summed E-state index contributed by atoms with van der Waals surface area (Å²) >= 11 is 0. The Morgan fingerprint density at radius 2 is 1.94 bits per heavy atom. The Hall–Kier alpha value is -1.18. The van der Waals surface area contributed by atoms with Crippen LogP contribution in [0.2, 0.25) is 0 Å². The number of hydrogen-bond donors (Lipinski definition) is 0. The van der Waals surface area contributed by atoms with Gasteiger partial charge in [-0.05, 0) is 30.5 Å². The molecule has 0 saturated heterocycles. The number of carbonyl (C=O) groups is 1. The van der Waals surface area contributed by atoms with Crippen LogP contribution >= 0.6 is 0 Å². The maximum absolute atomic E-state index is 13.3. The number of aryl methyl sites for hydroxylation is 2. The largest absolute Gasteiger partial charge is 0.299 e. The third-order valence-corrected chi connectivity index (χ3v) is 2.71. The molecule has 0 atom stereocenters. The Morgan fingerprint density at radius 1 is 1.31 bits per heavy atom. The monoisotopic (exact) mass is 222 g/mol. The minimum absolute atomic E-state index is 0.194. The molecule has 0 N–H and O–H groups in total. The van der Waals surface area contributed by atoms with Crippen molar-refractivity contribution >= 4 is 5.78 Å². The minimum atomic E-state index is -0.302. The van der Waals surface area contributed by atoms with Crippen molar-refractivity contribution in [3.63, 3.8) is 0 Å². The molecule has 1 rings (SSSR count). The van der Waals surface area contributed by atoms with Gasteiger partial charge in [-0.1, -0.05) is 32.9 Å². The summed E-state index contributed by atoms with van der Waals surface area (Å²) in [5.74, 6) is 0.0224. The standard InChI is InChI=1S/C14H19FO/c1-10-5-6-11(9-12(10)15)7-8-13(16)14(2,3)4/h5-6,9H,7-8H2,1-4H3. The summed E-state index contributed by atoms with van der Waals surface area (Å²) in [6.07, 6.45) is 1.10. The van der Waals surface area contributed by atoms with E-state index < -0.39 is 0 Å². The van der Waals surface area contributed by atoms with Crippen molar-refractivity contribution in [2.24, 2.45) is 5.41 Å². The normalized spacial score (nSPS) is 11.6. The highest BCUT2D eigenvalue weighted by Crippen LogP contribution is 2.19. The first-order valence-electron chi connectivity index (χ1n) is 5.59. The fraction of sp³-hybridized carbons (Fsp3) is 0.500. The molecule has 0 saturated carbocycles. The van der Waals surface area contributed by atoms with Gasteiger partial charge in [-0.2, -0.15) is 0 Å². The molecular formula is C14H19FO. The van der Waals surface area contributed by atoms with Crippen molar-refractivity contribution in [3.05, 3.63) is 35.1 Å². The molecule has 0 aromatic heterocycles. The Bertz CT molecular complexity index is 388. The number of hydrogen-bond acceptors (Lipinski definition) is 1. The highest BCUT2D eigenvalue weighted by molar-refractivity contribution is 5.83. The van der Waals surface area contributed by atoms with Gasteiger partial charge in [0, 0.05) is 11.8 Å². The van der Waals surface area contributed by atoms with Gasteiger partial charge in [-0.25, -0.2) is 4.39 Å². The predicted molar refractivity (Wildman–Crippen MR) is 63.9 cm³/mol. The molecule has 0 heterocycles. The van der Waals surface area contributed by atoms with Gasteiger partial charge in [0.1, 0.15) is 11.6 Å². The van der Waals surface area contributed by atoms with E-state index in [1.54, 1.807) is 13.0 Å². The second-order valence-corrected chi connectivity index (χ2v) is 5.26. The quantitative estimate of drug-likeness (QED) is 0.762. The van der Waals surface area contributed by atoms with Gasteiger partial charge in [-0.3, -0.25) is 4.79 Å². The fourth-order valence-corrected chi connectivity index (χ4v) is 1.42. The minimum Gasteiger partial charge on any atom is -0.299 e. The second kappa shape index (κ2) is 4.77. The summed E-state index contributed by atoms with van der Waals surface area (Å²) in [7, 11) is 0.